The summed E-state index contributed by atoms with van der Waals surface area (Å²) in [5.74, 6) is -0.898. The molecule has 0 aromatic heterocycles. The van der Waals surface area contributed by atoms with Crippen LogP contribution in [-0.4, -0.2) is 29.2 Å². The van der Waals surface area contributed by atoms with Crippen molar-refractivity contribution in [2.75, 3.05) is 13.1 Å². The maximum atomic E-state index is 11.4. The summed E-state index contributed by atoms with van der Waals surface area (Å²) in [6.07, 6.45) is 0.415. The first-order chi connectivity index (χ1) is 7.69. The van der Waals surface area contributed by atoms with Gasteiger partial charge in [-0.2, -0.15) is 0 Å². The van der Waals surface area contributed by atoms with E-state index in [1.807, 2.05) is 6.07 Å². The highest BCUT2D eigenvalue weighted by atomic mass is 16.4. The van der Waals surface area contributed by atoms with Gasteiger partial charge in [-0.3, -0.25) is 9.80 Å². The van der Waals surface area contributed by atoms with Crippen molar-refractivity contribution in [3.05, 3.63) is 40.8 Å². The van der Waals surface area contributed by atoms with Gasteiger partial charge in [-0.15, -0.1) is 4.91 Å². The summed E-state index contributed by atoms with van der Waals surface area (Å²) in [5, 5.41) is 13.4. The van der Waals surface area contributed by atoms with Crippen LogP contribution in [0.5, 0.6) is 0 Å². The molecule has 1 fully saturated rings. The molecule has 1 unspecified atom stereocenters. The molecule has 1 aliphatic rings. The first-order valence-electron chi connectivity index (χ1n) is 5.06. The Morgan fingerprint density at radius 1 is 1.38 bits per heavy atom. The summed E-state index contributed by atoms with van der Waals surface area (Å²) in [5.41, 5.74) is -0.261. The van der Waals surface area contributed by atoms with E-state index in [2.05, 4.69) is 5.29 Å². The molecule has 0 radical (unpaired) electrons. The molecular formula is C11H12N2O3. The zero-order valence-electron chi connectivity index (χ0n) is 8.67. The molecular weight excluding hydrogens is 208 g/mol. The van der Waals surface area contributed by atoms with E-state index in [1.54, 1.807) is 24.3 Å². The number of hydrogen-bond acceptors (Lipinski definition) is 3. The molecule has 5 nitrogen and oxygen atoms in total. The molecule has 1 aliphatic heterocycles. The zero-order valence-corrected chi connectivity index (χ0v) is 8.67. The first kappa shape index (κ1) is 10.6. The molecule has 1 atom stereocenters. The average Bonchev–Trinajstić information content (AvgIpc) is 2.75. The van der Waals surface area contributed by atoms with E-state index in [1.165, 1.54) is 5.01 Å². The first-order valence-corrected chi connectivity index (χ1v) is 5.06. The second-order valence-corrected chi connectivity index (χ2v) is 3.97. The van der Waals surface area contributed by atoms with Crippen molar-refractivity contribution >= 4 is 5.97 Å². The van der Waals surface area contributed by atoms with Gasteiger partial charge in [0.15, 0.2) is 0 Å². The SMILES string of the molecule is O=NN1CCC(C(=O)O)(c2ccccc2)C1. The Labute approximate surface area is 92.6 Å². The number of nitroso groups, excluding NO2 is 1. The van der Waals surface area contributed by atoms with Crippen molar-refractivity contribution < 1.29 is 9.90 Å². The Morgan fingerprint density at radius 2 is 2.06 bits per heavy atom. The van der Waals surface area contributed by atoms with Crippen LogP contribution in [0, 0.1) is 4.91 Å². The fraction of sp³-hybridized carbons (Fsp3) is 0.364. The number of rotatable bonds is 3. The van der Waals surface area contributed by atoms with Gasteiger partial charge in [0, 0.05) is 6.54 Å². The van der Waals surface area contributed by atoms with Gasteiger partial charge in [0.2, 0.25) is 0 Å². The van der Waals surface area contributed by atoms with E-state index in [4.69, 9.17) is 0 Å². The van der Waals surface area contributed by atoms with Gasteiger partial charge in [-0.05, 0) is 12.0 Å². The van der Waals surface area contributed by atoms with Crippen LogP contribution in [0.1, 0.15) is 12.0 Å². The third kappa shape index (κ3) is 1.54. The number of nitrogens with zero attached hydrogens (tertiary/aromatic N) is 2. The molecule has 0 bridgehead atoms. The number of hydrogen-bond donors (Lipinski definition) is 1. The van der Waals surface area contributed by atoms with Gasteiger partial charge in [0.25, 0.3) is 0 Å². The molecule has 0 saturated carbocycles. The summed E-state index contributed by atoms with van der Waals surface area (Å²) in [6, 6.07) is 9.00. The molecule has 0 amide bonds. The Bertz CT molecular complexity index is 407. The molecule has 0 spiro atoms. The van der Waals surface area contributed by atoms with Crippen molar-refractivity contribution in [2.45, 2.75) is 11.8 Å². The average molecular weight is 220 g/mol. The molecule has 2 rings (SSSR count). The van der Waals surface area contributed by atoms with E-state index < -0.39 is 11.4 Å². The number of benzene rings is 1. The fourth-order valence-electron chi connectivity index (χ4n) is 2.15. The van der Waals surface area contributed by atoms with E-state index in [-0.39, 0.29) is 6.54 Å². The lowest BCUT2D eigenvalue weighted by Gasteiger charge is -2.23. The Hall–Kier alpha value is -1.91. The molecule has 1 N–H and O–H groups in total. The lowest BCUT2D eigenvalue weighted by Crippen LogP contribution is -2.37. The Morgan fingerprint density at radius 3 is 2.56 bits per heavy atom. The van der Waals surface area contributed by atoms with Crippen LogP contribution < -0.4 is 0 Å². The number of carboxylic acid groups (broad SMARTS) is 1. The smallest absolute Gasteiger partial charge is 0.316 e. The summed E-state index contributed by atoms with van der Waals surface area (Å²) in [6.45, 7) is 0.542. The van der Waals surface area contributed by atoms with Gasteiger partial charge in [-0.25, -0.2) is 0 Å². The second kappa shape index (κ2) is 3.92. The Balaban J connectivity index is 2.39. The standard InChI is InChI=1S/C11H12N2O3/c14-10(15)11(6-7-13(8-11)12-16)9-4-2-1-3-5-9/h1-5H,6-8H2,(H,14,15). The predicted molar refractivity (Wildman–Crippen MR) is 57.7 cm³/mol. The van der Waals surface area contributed by atoms with Crippen LogP contribution in [-0.2, 0) is 10.2 Å². The quantitative estimate of drug-likeness (QED) is 0.781. The highest BCUT2D eigenvalue weighted by Gasteiger charge is 2.46. The largest absolute Gasteiger partial charge is 0.481 e. The van der Waals surface area contributed by atoms with Gasteiger partial charge >= 0.3 is 5.97 Å². The summed E-state index contributed by atoms with van der Waals surface area (Å²) in [4.78, 5) is 21.8. The molecule has 1 aromatic carbocycles. The molecule has 1 heterocycles. The summed E-state index contributed by atoms with van der Waals surface area (Å²) in [7, 11) is 0. The van der Waals surface area contributed by atoms with Crippen LogP contribution in [0.3, 0.4) is 0 Å². The van der Waals surface area contributed by atoms with Gasteiger partial charge in [0.05, 0.1) is 11.8 Å². The molecule has 1 saturated heterocycles. The summed E-state index contributed by atoms with van der Waals surface area (Å²) >= 11 is 0. The number of carboxylic acids is 1. The molecule has 0 aliphatic carbocycles. The van der Waals surface area contributed by atoms with Gasteiger partial charge < -0.3 is 5.11 Å². The van der Waals surface area contributed by atoms with Crippen LogP contribution in [0.15, 0.2) is 35.6 Å². The molecule has 5 heteroatoms. The highest BCUT2D eigenvalue weighted by molar-refractivity contribution is 5.82. The normalized spacial score (nSPS) is 24.4. The van der Waals surface area contributed by atoms with Crippen LogP contribution in [0.25, 0.3) is 0 Å². The van der Waals surface area contributed by atoms with Gasteiger partial charge in [-0.1, -0.05) is 30.3 Å². The topological polar surface area (TPSA) is 70.0 Å². The van der Waals surface area contributed by atoms with Crippen molar-refractivity contribution in [3.63, 3.8) is 0 Å². The van der Waals surface area contributed by atoms with E-state index in [0.29, 0.717) is 13.0 Å². The fourth-order valence-corrected chi connectivity index (χ4v) is 2.15. The van der Waals surface area contributed by atoms with Crippen LogP contribution in [0.2, 0.25) is 0 Å². The lowest BCUT2D eigenvalue weighted by molar-refractivity contribution is -0.143. The lowest BCUT2D eigenvalue weighted by atomic mass is 9.80. The zero-order chi connectivity index (χ0) is 11.6. The van der Waals surface area contributed by atoms with Gasteiger partial charge in [0.1, 0.15) is 5.41 Å². The van der Waals surface area contributed by atoms with Crippen LogP contribution >= 0.6 is 0 Å². The monoisotopic (exact) mass is 220 g/mol. The maximum absolute atomic E-state index is 11.4. The van der Waals surface area contributed by atoms with Crippen molar-refractivity contribution in [1.82, 2.24) is 5.01 Å². The van der Waals surface area contributed by atoms with E-state index in [0.717, 1.165) is 5.56 Å². The van der Waals surface area contributed by atoms with Crippen molar-refractivity contribution in [2.24, 2.45) is 5.29 Å². The van der Waals surface area contributed by atoms with E-state index >= 15 is 0 Å². The highest BCUT2D eigenvalue weighted by Crippen LogP contribution is 2.34. The summed E-state index contributed by atoms with van der Waals surface area (Å²) < 4.78 is 0. The third-order valence-electron chi connectivity index (χ3n) is 3.10. The number of carbonyl (C=O) groups is 1. The molecule has 1 aromatic rings. The Kier molecular flexibility index (Phi) is 2.60. The minimum atomic E-state index is -0.991. The van der Waals surface area contributed by atoms with Crippen molar-refractivity contribution in [1.29, 1.82) is 0 Å². The minimum absolute atomic E-state index is 0.149. The third-order valence-corrected chi connectivity index (χ3v) is 3.10. The molecule has 16 heavy (non-hydrogen) atoms. The second-order valence-electron chi connectivity index (χ2n) is 3.97. The maximum Gasteiger partial charge on any atom is 0.316 e. The van der Waals surface area contributed by atoms with Crippen LogP contribution in [0.4, 0.5) is 0 Å². The number of aliphatic carboxylic acids is 1. The minimum Gasteiger partial charge on any atom is -0.481 e. The van der Waals surface area contributed by atoms with E-state index in [9.17, 15) is 14.8 Å². The van der Waals surface area contributed by atoms with Crippen molar-refractivity contribution in [3.8, 4) is 0 Å². The predicted octanol–water partition coefficient (Wildman–Crippen LogP) is 1.40. The molecule has 84 valence electrons.